The molecule has 0 aliphatic carbocycles. The fourth-order valence-corrected chi connectivity index (χ4v) is 2.66. The van der Waals surface area contributed by atoms with Gasteiger partial charge >= 0.3 is 0 Å². The Labute approximate surface area is 129 Å². The van der Waals surface area contributed by atoms with Gasteiger partial charge in [0, 0.05) is 11.0 Å². The van der Waals surface area contributed by atoms with Crippen molar-refractivity contribution in [3.05, 3.63) is 34.3 Å². The maximum absolute atomic E-state index is 12.3. The van der Waals surface area contributed by atoms with E-state index in [1.165, 1.54) is 0 Å². The molecule has 1 heterocycles. The first-order valence-corrected chi connectivity index (χ1v) is 7.08. The molecule has 2 atom stereocenters. The van der Waals surface area contributed by atoms with Gasteiger partial charge < -0.3 is 10.6 Å². The predicted octanol–water partition coefficient (Wildman–Crippen LogP) is 3.05. The second kappa shape index (κ2) is 6.73. The first kappa shape index (κ1) is 16.5. The number of rotatable bonds is 3. The molecule has 1 aromatic carbocycles. The topological polar surface area (TPSA) is 41.1 Å². The molecule has 19 heavy (non-hydrogen) atoms. The Balaban J connectivity index is 0.00000180. The molecule has 0 radical (unpaired) electrons. The van der Waals surface area contributed by atoms with Crippen LogP contribution in [0.25, 0.3) is 0 Å². The van der Waals surface area contributed by atoms with Crippen LogP contribution < -0.4 is 10.6 Å². The summed E-state index contributed by atoms with van der Waals surface area (Å²) in [6.07, 6.45) is 0.907. The third-order valence-electron chi connectivity index (χ3n) is 3.61. The molecule has 0 bridgehead atoms. The zero-order valence-corrected chi connectivity index (χ0v) is 13.6. The molecule has 0 saturated carbocycles. The van der Waals surface area contributed by atoms with Crippen molar-refractivity contribution in [3.63, 3.8) is 0 Å². The van der Waals surface area contributed by atoms with Gasteiger partial charge in [-0.3, -0.25) is 4.79 Å². The van der Waals surface area contributed by atoms with E-state index in [1.54, 1.807) is 0 Å². The Kier molecular flexibility index (Phi) is 5.83. The molecule has 5 heteroatoms. The maximum Gasteiger partial charge on any atom is 0.227 e. The van der Waals surface area contributed by atoms with Crippen molar-refractivity contribution < 1.29 is 4.79 Å². The van der Waals surface area contributed by atoms with Crippen molar-refractivity contribution in [2.75, 3.05) is 13.1 Å². The number of benzene rings is 1. The Morgan fingerprint density at radius 3 is 2.84 bits per heavy atom. The van der Waals surface area contributed by atoms with Crippen LogP contribution in [0.3, 0.4) is 0 Å². The molecule has 0 spiro atoms. The standard InChI is InChI=1S/C14H19BrN2O.ClH/c1-10(11-4-3-5-12(15)8-11)17-13(18)14(2)6-7-16-9-14;/h3-5,8,10,16H,6-7,9H2,1-2H3,(H,17,18);1H. The van der Waals surface area contributed by atoms with E-state index in [4.69, 9.17) is 0 Å². The molecule has 1 amide bonds. The number of hydrogen-bond acceptors (Lipinski definition) is 2. The lowest BCUT2D eigenvalue weighted by Crippen LogP contribution is -2.41. The third kappa shape index (κ3) is 3.94. The van der Waals surface area contributed by atoms with Gasteiger partial charge in [-0.15, -0.1) is 12.4 Å². The van der Waals surface area contributed by atoms with E-state index in [2.05, 4.69) is 26.6 Å². The quantitative estimate of drug-likeness (QED) is 0.882. The van der Waals surface area contributed by atoms with Crippen LogP contribution in [-0.2, 0) is 4.79 Å². The summed E-state index contributed by atoms with van der Waals surface area (Å²) in [6, 6.07) is 8.08. The van der Waals surface area contributed by atoms with Crippen LogP contribution in [0.1, 0.15) is 31.9 Å². The van der Waals surface area contributed by atoms with E-state index in [9.17, 15) is 4.79 Å². The zero-order valence-electron chi connectivity index (χ0n) is 11.2. The van der Waals surface area contributed by atoms with E-state index in [1.807, 2.05) is 38.1 Å². The van der Waals surface area contributed by atoms with E-state index in [0.717, 1.165) is 29.5 Å². The fourth-order valence-electron chi connectivity index (χ4n) is 2.24. The summed E-state index contributed by atoms with van der Waals surface area (Å²) in [5.74, 6) is 0.139. The van der Waals surface area contributed by atoms with E-state index in [0.29, 0.717) is 0 Å². The van der Waals surface area contributed by atoms with Crippen molar-refractivity contribution in [2.45, 2.75) is 26.3 Å². The summed E-state index contributed by atoms with van der Waals surface area (Å²) in [5, 5.41) is 6.35. The van der Waals surface area contributed by atoms with E-state index < -0.39 is 0 Å². The molecule has 1 saturated heterocycles. The lowest BCUT2D eigenvalue weighted by atomic mass is 9.88. The molecule has 106 valence electrons. The van der Waals surface area contributed by atoms with Crippen molar-refractivity contribution in [1.82, 2.24) is 10.6 Å². The molecule has 0 aromatic heterocycles. The molecule has 2 unspecified atom stereocenters. The average Bonchev–Trinajstić information content (AvgIpc) is 2.77. The Morgan fingerprint density at radius 2 is 2.26 bits per heavy atom. The number of amides is 1. The highest BCUT2D eigenvalue weighted by atomic mass is 79.9. The van der Waals surface area contributed by atoms with E-state index >= 15 is 0 Å². The van der Waals surface area contributed by atoms with Gasteiger partial charge in [0.1, 0.15) is 0 Å². The molecule has 1 aromatic rings. The summed E-state index contributed by atoms with van der Waals surface area (Å²) >= 11 is 3.45. The van der Waals surface area contributed by atoms with Crippen LogP contribution >= 0.6 is 28.3 Å². The normalized spacial score (nSPS) is 23.5. The Bertz CT molecular complexity index is 447. The van der Waals surface area contributed by atoms with Gasteiger partial charge in [-0.1, -0.05) is 28.1 Å². The summed E-state index contributed by atoms with van der Waals surface area (Å²) in [4.78, 5) is 12.3. The molecular formula is C14H20BrClN2O. The number of halogens is 2. The predicted molar refractivity (Wildman–Crippen MR) is 83.5 cm³/mol. The van der Waals surface area contributed by atoms with Crippen LogP contribution in [0, 0.1) is 5.41 Å². The van der Waals surface area contributed by atoms with Crippen LogP contribution in [-0.4, -0.2) is 19.0 Å². The maximum atomic E-state index is 12.3. The summed E-state index contributed by atoms with van der Waals surface area (Å²) in [7, 11) is 0. The average molecular weight is 348 g/mol. The highest BCUT2D eigenvalue weighted by Gasteiger charge is 2.36. The molecule has 3 nitrogen and oxygen atoms in total. The van der Waals surface area contributed by atoms with Gasteiger partial charge in [-0.05, 0) is 44.5 Å². The third-order valence-corrected chi connectivity index (χ3v) is 4.11. The van der Waals surface area contributed by atoms with Crippen molar-refractivity contribution in [1.29, 1.82) is 0 Å². The van der Waals surface area contributed by atoms with E-state index in [-0.39, 0.29) is 29.8 Å². The summed E-state index contributed by atoms with van der Waals surface area (Å²) < 4.78 is 1.04. The molecule has 2 N–H and O–H groups in total. The smallest absolute Gasteiger partial charge is 0.227 e. The number of carbonyl (C=O) groups excluding carboxylic acids is 1. The lowest BCUT2D eigenvalue weighted by molar-refractivity contribution is -0.129. The lowest BCUT2D eigenvalue weighted by Gasteiger charge is -2.24. The zero-order chi connectivity index (χ0) is 13.2. The van der Waals surface area contributed by atoms with Gasteiger partial charge in [0.2, 0.25) is 5.91 Å². The van der Waals surface area contributed by atoms with Gasteiger partial charge in [0.15, 0.2) is 0 Å². The first-order chi connectivity index (χ1) is 8.51. The number of nitrogens with one attached hydrogen (secondary N) is 2. The molecule has 1 aliphatic heterocycles. The SMILES string of the molecule is CC(NC(=O)C1(C)CCNC1)c1cccc(Br)c1.Cl. The summed E-state index contributed by atoms with van der Waals surface area (Å²) in [5.41, 5.74) is 0.854. The molecule has 1 fully saturated rings. The second-order valence-corrected chi connectivity index (χ2v) is 6.15. The highest BCUT2D eigenvalue weighted by Crippen LogP contribution is 2.26. The first-order valence-electron chi connectivity index (χ1n) is 6.28. The van der Waals surface area contributed by atoms with Crippen molar-refractivity contribution in [3.8, 4) is 0 Å². The number of carbonyl (C=O) groups is 1. The minimum atomic E-state index is -0.264. The van der Waals surface area contributed by atoms with Crippen molar-refractivity contribution >= 4 is 34.2 Å². The molecule has 1 aliphatic rings. The largest absolute Gasteiger partial charge is 0.349 e. The summed E-state index contributed by atoms with van der Waals surface area (Å²) in [6.45, 7) is 5.74. The second-order valence-electron chi connectivity index (χ2n) is 5.24. The van der Waals surface area contributed by atoms with Gasteiger partial charge in [-0.2, -0.15) is 0 Å². The van der Waals surface area contributed by atoms with Crippen LogP contribution in [0.4, 0.5) is 0 Å². The van der Waals surface area contributed by atoms with Gasteiger partial charge in [-0.25, -0.2) is 0 Å². The minimum Gasteiger partial charge on any atom is -0.349 e. The molecular weight excluding hydrogens is 328 g/mol. The fraction of sp³-hybridized carbons (Fsp3) is 0.500. The highest BCUT2D eigenvalue weighted by molar-refractivity contribution is 9.10. The van der Waals surface area contributed by atoms with Gasteiger partial charge in [0.05, 0.1) is 11.5 Å². The Hall–Kier alpha value is -0.580. The van der Waals surface area contributed by atoms with Crippen molar-refractivity contribution in [2.24, 2.45) is 5.41 Å². The van der Waals surface area contributed by atoms with Gasteiger partial charge in [0.25, 0.3) is 0 Å². The molecule has 2 rings (SSSR count). The monoisotopic (exact) mass is 346 g/mol. The van der Waals surface area contributed by atoms with Crippen LogP contribution in [0.2, 0.25) is 0 Å². The van der Waals surface area contributed by atoms with Crippen LogP contribution in [0.5, 0.6) is 0 Å². The van der Waals surface area contributed by atoms with Crippen LogP contribution in [0.15, 0.2) is 28.7 Å². The minimum absolute atomic E-state index is 0. The number of hydrogen-bond donors (Lipinski definition) is 2. The Morgan fingerprint density at radius 1 is 1.53 bits per heavy atom.